The highest BCUT2D eigenvalue weighted by molar-refractivity contribution is 7.98. The Balaban J connectivity index is 1.59. The van der Waals surface area contributed by atoms with Crippen molar-refractivity contribution in [2.24, 2.45) is 0 Å². The second-order valence-corrected chi connectivity index (χ2v) is 11.5. The van der Waals surface area contributed by atoms with Crippen LogP contribution in [0.5, 0.6) is 0 Å². The van der Waals surface area contributed by atoms with Crippen molar-refractivity contribution >= 4 is 45.0 Å². The molecule has 5 nitrogen and oxygen atoms in total. The molecule has 0 unspecified atom stereocenters. The van der Waals surface area contributed by atoms with Gasteiger partial charge in [0.2, 0.25) is 5.91 Å². The third kappa shape index (κ3) is 7.52. The standard InChI is InChI=1S/C26H29ClN2O3S2/c1-20-10-12-25(13-11-20)34(31,32)29(24-9-3-6-21(2)16-24)18-26(30)28-14-5-15-33-19-22-7-4-8-23(27)17-22/h3-4,6-13,16-17H,5,14-15,18-19H2,1-2H3,(H,28,30). The summed E-state index contributed by atoms with van der Waals surface area (Å²) in [5.41, 5.74) is 3.51. The van der Waals surface area contributed by atoms with Gasteiger partial charge in [-0.2, -0.15) is 11.8 Å². The van der Waals surface area contributed by atoms with E-state index in [2.05, 4.69) is 5.32 Å². The first-order chi connectivity index (χ1) is 16.3. The molecule has 1 amide bonds. The topological polar surface area (TPSA) is 66.5 Å². The molecule has 0 fully saturated rings. The lowest BCUT2D eigenvalue weighted by Crippen LogP contribution is -2.41. The zero-order valence-corrected chi connectivity index (χ0v) is 21.7. The van der Waals surface area contributed by atoms with E-state index in [-0.39, 0.29) is 17.3 Å². The first kappa shape index (κ1) is 26.1. The van der Waals surface area contributed by atoms with E-state index in [1.807, 2.05) is 44.2 Å². The van der Waals surface area contributed by atoms with E-state index in [0.29, 0.717) is 12.2 Å². The molecule has 0 aliphatic heterocycles. The maximum absolute atomic E-state index is 13.4. The summed E-state index contributed by atoms with van der Waals surface area (Å²) in [6, 6.07) is 21.6. The largest absolute Gasteiger partial charge is 0.354 e. The summed E-state index contributed by atoms with van der Waals surface area (Å²) in [6.07, 6.45) is 0.784. The number of halogens is 1. The van der Waals surface area contributed by atoms with Crippen molar-refractivity contribution in [2.45, 2.75) is 30.9 Å². The average molecular weight is 517 g/mol. The zero-order chi connectivity index (χ0) is 24.6. The highest BCUT2D eigenvalue weighted by Gasteiger charge is 2.27. The van der Waals surface area contributed by atoms with Crippen LogP contribution in [0.1, 0.15) is 23.1 Å². The van der Waals surface area contributed by atoms with Crippen LogP contribution in [-0.4, -0.2) is 33.2 Å². The number of rotatable bonds is 11. The molecule has 3 rings (SSSR count). The molecule has 0 saturated carbocycles. The quantitative estimate of drug-likeness (QED) is 0.337. The smallest absolute Gasteiger partial charge is 0.264 e. The van der Waals surface area contributed by atoms with Crippen LogP contribution in [0.15, 0.2) is 77.7 Å². The summed E-state index contributed by atoms with van der Waals surface area (Å²) in [5.74, 6) is 1.39. The number of hydrogen-bond acceptors (Lipinski definition) is 4. The molecule has 1 N–H and O–H groups in total. The van der Waals surface area contributed by atoms with Crippen LogP contribution >= 0.6 is 23.4 Å². The van der Waals surface area contributed by atoms with Gasteiger partial charge in [-0.3, -0.25) is 9.10 Å². The van der Waals surface area contributed by atoms with Crippen molar-refractivity contribution in [3.05, 3.63) is 94.5 Å². The molecule has 180 valence electrons. The number of nitrogens with one attached hydrogen (secondary N) is 1. The van der Waals surface area contributed by atoms with Gasteiger partial charge in [0.05, 0.1) is 10.6 Å². The Morgan fingerprint density at radius 1 is 0.971 bits per heavy atom. The van der Waals surface area contributed by atoms with Crippen molar-refractivity contribution in [3.63, 3.8) is 0 Å². The molecule has 0 saturated heterocycles. The molecular formula is C26H29ClN2O3S2. The van der Waals surface area contributed by atoms with Gasteiger partial charge < -0.3 is 5.32 Å². The molecule has 8 heteroatoms. The van der Waals surface area contributed by atoms with Gasteiger partial charge in [-0.05, 0) is 73.5 Å². The molecule has 3 aromatic carbocycles. The van der Waals surface area contributed by atoms with E-state index in [4.69, 9.17) is 11.6 Å². The number of amides is 1. The summed E-state index contributed by atoms with van der Waals surface area (Å²) >= 11 is 7.78. The predicted octanol–water partition coefficient (Wildman–Crippen LogP) is 5.59. The summed E-state index contributed by atoms with van der Waals surface area (Å²) in [6.45, 7) is 3.99. The van der Waals surface area contributed by atoms with Crippen LogP contribution in [0.4, 0.5) is 5.69 Å². The van der Waals surface area contributed by atoms with Crippen molar-refractivity contribution in [2.75, 3.05) is 23.1 Å². The van der Waals surface area contributed by atoms with Gasteiger partial charge in [0, 0.05) is 17.3 Å². The van der Waals surface area contributed by atoms with E-state index in [0.717, 1.165) is 39.6 Å². The van der Waals surface area contributed by atoms with Crippen LogP contribution in [0.25, 0.3) is 0 Å². The van der Waals surface area contributed by atoms with E-state index in [1.54, 1.807) is 54.2 Å². The number of anilines is 1. The van der Waals surface area contributed by atoms with Gasteiger partial charge in [0.1, 0.15) is 6.54 Å². The lowest BCUT2D eigenvalue weighted by molar-refractivity contribution is -0.119. The average Bonchev–Trinajstić information content (AvgIpc) is 2.80. The molecular weight excluding hydrogens is 488 g/mol. The second-order valence-electron chi connectivity index (χ2n) is 8.05. The highest BCUT2D eigenvalue weighted by Crippen LogP contribution is 2.24. The fraction of sp³-hybridized carbons (Fsp3) is 0.269. The summed E-state index contributed by atoms with van der Waals surface area (Å²) in [4.78, 5) is 12.9. The van der Waals surface area contributed by atoms with E-state index in [1.165, 1.54) is 4.31 Å². The number of nitrogens with zero attached hydrogens (tertiary/aromatic N) is 1. The summed E-state index contributed by atoms with van der Waals surface area (Å²) in [7, 11) is -3.90. The molecule has 0 spiro atoms. The van der Waals surface area contributed by atoms with Gasteiger partial charge in [-0.1, -0.05) is 53.6 Å². The number of carbonyl (C=O) groups excluding carboxylic acids is 1. The first-order valence-corrected chi connectivity index (χ1v) is 14.0. The monoisotopic (exact) mass is 516 g/mol. The maximum atomic E-state index is 13.4. The number of carbonyl (C=O) groups is 1. The van der Waals surface area contributed by atoms with Gasteiger partial charge in [-0.15, -0.1) is 0 Å². The Labute approximate surface area is 211 Å². The Kier molecular flexibility index (Phi) is 9.45. The van der Waals surface area contributed by atoms with Crippen molar-refractivity contribution < 1.29 is 13.2 Å². The fourth-order valence-corrected chi connectivity index (χ4v) is 5.87. The van der Waals surface area contributed by atoms with Crippen molar-refractivity contribution in [1.29, 1.82) is 0 Å². The summed E-state index contributed by atoms with van der Waals surface area (Å²) in [5, 5.41) is 3.58. The first-order valence-electron chi connectivity index (χ1n) is 11.0. The normalized spacial score (nSPS) is 11.3. The molecule has 0 radical (unpaired) electrons. The van der Waals surface area contributed by atoms with Crippen LogP contribution in [0.2, 0.25) is 5.02 Å². The zero-order valence-electron chi connectivity index (χ0n) is 19.3. The van der Waals surface area contributed by atoms with Crippen LogP contribution < -0.4 is 9.62 Å². The molecule has 0 heterocycles. The molecule has 0 bridgehead atoms. The van der Waals surface area contributed by atoms with E-state index < -0.39 is 10.0 Å². The number of hydrogen-bond donors (Lipinski definition) is 1. The Morgan fingerprint density at radius 2 is 1.71 bits per heavy atom. The summed E-state index contributed by atoms with van der Waals surface area (Å²) < 4.78 is 28.0. The van der Waals surface area contributed by atoms with Gasteiger partial charge >= 0.3 is 0 Å². The third-order valence-corrected chi connectivity index (χ3v) is 8.27. The van der Waals surface area contributed by atoms with Gasteiger partial charge in [0.25, 0.3) is 10.0 Å². The molecule has 34 heavy (non-hydrogen) atoms. The van der Waals surface area contributed by atoms with Gasteiger partial charge in [0.15, 0.2) is 0 Å². The molecule has 0 aromatic heterocycles. The molecule has 0 aliphatic rings. The lowest BCUT2D eigenvalue weighted by Gasteiger charge is -2.24. The maximum Gasteiger partial charge on any atom is 0.264 e. The number of benzene rings is 3. The Bertz CT molecular complexity index is 1210. The van der Waals surface area contributed by atoms with E-state index in [9.17, 15) is 13.2 Å². The number of aryl methyl sites for hydroxylation is 2. The van der Waals surface area contributed by atoms with Crippen LogP contribution in [0.3, 0.4) is 0 Å². The minimum Gasteiger partial charge on any atom is -0.354 e. The fourth-order valence-electron chi connectivity index (χ4n) is 3.34. The minimum atomic E-state index is -3.90. The molecule has 0 aliphatic carbocycles. The Morgan fingerprint density at radius 3 is 2.41 bits per heavy atom. The number of sulfonamides is 1. The van der Waals surface area contributed by atoms with Crippen LogP contribution in [0, 0.1) is 13.8 Å². The SMILES string of the molecule is Cc1ccc(S(=O)(=O)N(CC(=O)NCCCSCc2cccc(Cl)c2)c2cccc(C)c2)cc1. The molecule has 3 aromatic rings. The van der Waals surface area contributed by atoms with Crippen LogP contribution in [-0.2, 0) is 20.6 Å². The van der Waals surface area contributed by atoms with Crippen molar-refractivity contribution in [3.8, 4) is 0 Å². The van der Waals surface area contributed by atoms with E-state index >= 15 is 0 Å². The molecule has 0 atom stereocenters. The highest BCUT2D eigenvalue weighted by atomic mass is 35.5. The predicted molar refractivity (Wildman–Crippen MR) is 142 cm³/mol. The van der Waals surface area contributed by atoms with Gasteiger partial charge in [-0.25, -0.2) is 8.42 Å². The Hall–Kier alpha value is -2.48. The lowest BCUT2D eigenvalue weighted by atomic mass is 10.2. The third-order valence-electron chi connectivity index (χ3n) is 5.13. The minimum absolute atomic E-state index is 0.157. The van der Waals surface area contributed by atoms with Crippen molar-refractivity contribution in [1.82, 2.24) is 5.32 Å². The number of thioether (sulfide) groups is 1. The second kappa shape index (κ2) is 12.3.